The Morgan fingerprint density at radius 2 is 1.80 bits per heavy atom. The topological polar surface area (TPSA) is 157 Å². The van der Waals surface area contributed by atoms with E-state index in [1.807, 2.05) is 35.7 Å². The van der Waals surface area contributed by atoms with Gasteiger partial charge in [0.25, 0.3) is 0 Å². The van der Waals surface area contributed by atoms with Crippen molar-refractivity contribution in [2.45, 2.75) is 38.8 Å². The Balaban J connectivity index is 1.26. The lowest BCUT2D eigenvalue weighted by Crippen LogP contribution is -2.48. The molecule has 1 amide bonds. The molecule has 0 spiro atoms. The first-order valence-corrected chi connectivity index (χ1v) is 14.5. The normalized spacial score (nSPS) is 12.0. The summed E-state index contributed by atoms with van der Waals surface area (Å²) in [5, 5.41) is 7.07. The molecule has 3 aromatic heterocycles. The molecule has 0 bridgehead atoms. The zero-order valence-corrected chi connectivity index (χ0v) is 24.8. The van der Waals surface area contributed by atoms with Crippen molar-refractivity contribution < 1.29 is 37.0 Å². The highest BCUT2D eigenvalue weighted by Gasteiger charge is 2.43. The van der Waals surface area contributed by atoms with E-state index in [0.717, 1.165) is 26.0 Å². The minimum atomic E-state index is -5.47. The Morgan fingerprint density at radius 1 is 1.07 bits per heavy atom. The first-order chi connectivity index (χ1) is 22.0. The van der Waals surface area contributed by atoms with Gasteiger partial charge in [-0.2, -0.15) is 18.2 Å². The zero-order chi connectivity index (χ0) is 32.8. The predicted octanol–water partition coefficient (Wildman–Crippen LogP) is 4.70. The number of fused-ring (bicyclic) bond motifs is 1. The molecule has 3 N–H and O–H groups in total. The number of aryl methyl sites for hydroxylation is 1. The number of hydrogen-bond donors (Lipinski definition) is 3. The lowest BCUT2D eigenvalue weighted by atomic mass is 10.2. The molecule has 0 radical (unpaired) electrons. The number of esters is 2. The monoisotopic (exact) mass is 654 g/mol. The number of benzene rings is 2. The van der Waals surface area contributed by atoms with Crippen LogP contribution in [0.25, 0.3) is 22.4 Å². The number of imidazole rings is 1. The van der Waals surface area contributed by atoms with Crippen molar-refractivity contribution in [1.29, 1.82) is 0 Å². The van der Waals surface area contributed by atoms with Crippen LogP contribution >= 0.6 is 11.3 Å². The van der Waals surface area contributed by atoms with Crippen molar-refractivity contribution in [2.24, 2.45) is 0 Å². The van der Waals surface area contributed by atoms with Crippen molar-refractivity contribution >= 4 is 46.2 Å². The highest BCUT2D eigenvalue weighted by atomic mass is 32.1. The maximum absolute atomic E-state index is 12.9. The summed E-state index contributed by atoms with van der Waals surface area (Å²) in [5.41, 5.74) is 2.78. The second-order valence-electron chi connectivity index (χ2n) is 9.93. The van der Waals surface area contributed by atoms with Gasteiger partial charge in [-0.05, 0) is 30.7 Å². The number of halogens is 3. The van der Waals surface area contributed by atoms with Crippen molar-refractivity contribution in [3.8, 4) is 11.4 Å². The number of amides is 1. The van der Waals surface area contributed by atoms with Gasteiger partial charge in [0, 0.05) is 27.6 Å². The Morgan fingerprint density at radius 3 is 2.54 bits per heavy atom. The van der Waals surface area contributed by atoms with Gasteiger partial charge in [0.15, 0.2) is 0 Å². The minimum absolute atomic E-state index is 0.221. The molecule has 0 unspecified atom stereocenters. The first kappa shape index (κ1) is 31.9. The third-order valence-corrected chi connectivity index (χ3v) is 7.45. The number of hydrogen-bond acceptors (Lipinski definition) is 10. The summed E-state index contributed by atoms with van der Waals surface area (Å²) in [7, 11) is 0. The SMILES string of the molecule is Cc1cn(C[C@H](NC(=O)OCc2ccccc2)C(=O)OC(=O)C(F)(F)F)c(=O)nc1NCc1cc(-c2nc3ccccc3[nH]2)cs1. The molecule has 0 aliphatic carbocycles. The van der Waals surface area contributed by atoms with Gasteiger partial charge in [0.2, 0.25) is 0 Å². The van der Waals surface area contributed by atoms with Crippen LogP contribution < -0.4 is 16.3 Å². The van der Waals surface area contributed by atoms with E-state index in [1.165, 1.54) is 17.5 Å². The molecule has 0 aliphatic heterocycles. The van der Waals surface area contributed by atoms with E-state index in [2.05, 4.69) is 30.3 Å². The number of thiophene rings is 1. The highest BCUT2D eigenvalue weighted by Crippen LogP contribution is 2.26. The van der Waals surface area contributed by atoms with Gasteiger partial charge in [0.05, 0.1) is 24.1 Å². The third-order valence-electron chi connectivity index (χ3n) is 6.52. The molecule has 5 aromatic rings. The highest BCUT2D eigenvalue weighted by molar-refractivity contribution is 7.10. The predicted molar refractivity (Wildman–Crippen MR) is 161 cm³/mol. The Labute approximate surface area is 262 Å². The average molecular weight is 655 g/mol. The fourth-order valence-corrected chi connectivity index (χ4v) is 5.08. The summed E-state index contributed by atoms with van der Waals surface area (Å²) < 4.78 is 48.1. The van der Waals surface area contributed by atoms with Crippen molar-refractivity contribution in [2.75, 3.05) is 5.32 Å². The van der Waals surface area contributed by atoms with Gasteiger partial charge in [-0.1, -0.05) is 42.5 Å². The van der Waals surface area contributed by atoms with E-state index in [1.54, 1.807) is 37.3 Å². The van der Waals surface area contributed by atoms with Crippen LogP contribution in [0.2, 0.25) is 0 Å². The molecule has 16 heteroatoms. The van der Waals surface area contributed by atoms with Crippen LogP contribution in [0.4, 0.5) is 23.8 Å². The number of nitrogens with zero attached hydrogens (tertiary/aromatic N) is 3. The molecule has 0 saturated carbocycles. The Kier molecular flexibility index (Phi) is 9.46. The molecule has 0 fully saturated rings. The maximum Gasteiger partial charge on any atom is 0.491 e. The van der Waals surface area contributed by atoms with Gasteiger partial charge >= 0.3 is 29.9 Å². The third kappa shape index (κ3) is 7.95. The van der Waals surface area contributed by atoms with Crippen molar-refractivity contribution in [1.82, 2.24) is 24.8 Å². The van der Waals surface area contributed by atoms with Crippen molar-refractivity contribution in [3.63, 3.8) is 0 Å². The number of anilines is 1. The van der Waals surface area contributed by atoms with Gasteiger partial charge < -0.3 is 25.1 Å². The van der Waals surface area contributed by atoms with Crippen LogP contribution in [-0.4, -0.2) is 49.8 Å². The van der Waals surface area contributed by atoms with E-state index < -0.39 is 42.5 Å². The summed E-state index contributed by atoms with van der Waals surface area (Å²) >= 11 is 1.47. The van der Waals surface area contributed by atoms with Crippen LogP contribution in [0.5, 0.6) is 0 Å². The van der Waals surface area contributed by atoms with E-state index in [9.17, 15) is 32.3 Å². The smallest absolute Gasteiger partial charge is 0.445 e. The number of carbonyl (C=O) groups is 3. The number of alkyl carbamates (subject to hydrolysis) is 1. The lowest BCUT2D eigenvalue weighted by Gasteiger charge is -2.19. The largest absolute Gasteiger partial charge is 0.491 e. The fraction of sp³-hybridized carbons (Fsp3) is 0.200. The van der Waals surface area contributed by atoms with E-state index >= 15 is 0 Å². The number of rotatable bonds is 10. The standard InChI is InChI=1S/C30H25F3N6O6S/c1-17-13-39(14-23(26(40)45-27(41)30(31,32)33)37-29(43)44-15-18-7-3-2-4-8-18)28(42)38-24(17)34-12-20-11-19(16-46-20)25-35-21-9-5-6-10-22(21)36-25/h2-11,13,16,23H,12,14-15H2,1H3,(H,35,36)(H,37,43)(H,34,38,42)/t23-/m0/s1. The number of para-hydroxylation sites is 2. The second-order valence-corrected chi connectivity index (χ2v) is 10.9. The van der Waals surface area contributed by atoms with Crippen LogP contribution in [0.1, 0.15) is 16.0 Å². The molecular weight excluding hydrogens is 629 g/mol. The van der Waals surface area contributed by atoms with E-state index in [0.29, 0.717) is 23.5 Å². The van der Waals surface area contributed by atoms with Crippen molar-refractivity contribution in [3.05, 3.63) is 98.7 Å². The second kappa shape index (κ2) is 13.6. The van der Waals surface area contributed by atoms with Gasteiger partial charge in [0.1, 0.15) is 24.3 Å². The summed E-state index contributed by atoms with van der Waals surface area (Å²) in [5.74, 6) is -3.59. The number of ether oxygens (including phenoxy) is 2. The summed E-state index contributed by atoms with van der Waals surface area (Å²) in [6, 6.07) is 16.1. The molecule has 12 nitrogen and oxygen atoms in total. The molecule has 5 rings (SSSR count). The Bertz CT molecular complexity index is 1910. The van der Waals surface area contributed by atoms with Gasteiger partial charge in [-0.3, -0.25) is 4.57 Å². The number of alkyl halides is 3. The number of aromatic nitrogens is 4. The molecule has 0 aliphatic rings. The van der Waals surface area contributed by atoms with Crippen LogP contribution in [0.3, 0.4) is 0 Å². The van der Waals surface area contributed by atoms with Gasteiger partial charge in [-0.25, -0.2) is 24.2 Å². The average Bonchev–Trinajstić information content (AvgIpc) is 3.68. The van der Waals surface area contributed by atoms with E-state index in [4.69, 9.17) is 4.74 Å². The Hall–Kier alpha value is -5.51. The fourth-order valence-electron chi connectivity index (χ4n) is 4.27. The van der Waals surface area contributed by atoms with Crippen LogP contribution in [0, 0.1) is 6.92 Å². The molecule has 2 aromatic carbocycles. The molecule has 0 saturated heterocycles. The quantitative estimate of drug-likeness (QED) is 0.144. The number of carbonyl (C=O) groups excluding carboxylic acids is 3. The molecule has 46 heavy (non-hydrogen) atoms. The molecule has 3 heterocycles. The van der Waals surface area contributed by atoms with E-state index in [-0.39, 0.29) is 12.4 Å². The van der Waals surface area contributed by atoms with Crippen LogP contribution in [0.15, 0.2) is 77.0 Å². The minimum Gasteiger partial charge on any atom is -0.445 e. The number of H-pyrrole nitrogens is 1. The number of aromatic amines is 1. The summed E-state index contributed by atoms with van der Waals surface area (Å²) in [6.07, 6.45) is -5.36. The number of nitrogens with one attached hydrogen (secondary N) is 3. The molecule has 1 atom stereocenters. The first-order valence-electron chi connectivity index (χ1n) is 13.6. The van der Waals surface area contributed by atoms with Gasteiger partial charge in [-0.15, -0.1) is 11.3 Å². The molecule has 238 valence electrons. The maximum atomic E-state index is 12.9. The lowest BCUT2D eigenvalue weighted by molar-refractivity contribution is -0.202. The molecular formula is C30H25F3N6O6S. The zero-order valence-electron chi connectivity index (χ0n) is 24.0. The summed E-state index contributed by atoms with van der Waals surface area (Å²) in [6.45, 7) is 0.997. The van der Waals surface area contributed by atoms with Crippen LogP contribution in [-0.2, 0) is 38.8 Å². The summed E-state index contributed by atoms with van der Waals surface area (Å²) in [4.78, 5) is 61.9.